The van der Waals surface area contributed by atoms with Crippen LogP contribution in [0.25, 0.3) is 6.08 Å². The number of anilines is 1. The van der Waals surface area contributed by atoms with Gasteiger partial charge in [-0.2, -0.15) is 0 Å². The number of rotatable bonds is 8. The highest BCUT2D eigenvalue weighted by Crippen LogP contribution is 2.36. The molecule has 1 heterocycles. The van der Waals surface area contributed by atoms with Crippen molar-refractivity contribution in [3.05, 3.63) is 102 Å². The summed E-state index contributed by atoms with van der Waals surface area (Å²) in [4.78, 5) is 48.6. The fourth-order valence-electron chi connectivity index (χ4n) is 3.49. The number of carbonyl (C=O) groups excluding carboxylic acids is 3. The highest BCUT2D eigenvalue weighted by Gasteiger charge is 2.35. The predicted molar refractivity (Wildman–Crippen MR) is 143 cm³/mol. The zero-order valence-corrected chi connectivity index (χ0v) is 22.4. The van der Waals surface area contributed by atoms with Gasteiger partial charge in [-0.1, -0.05) is 24.3 Å². The van der Waals surface area contributed by atoms with Gasteiger partial charge in [0.25, 0.3) is 11.6 Å². The van der Waals surface area contributed by atoms with Crippen LogP contribution in [0.5, 0.6) is 5.75 Å². The number of benzene rings is 3. The zero-order valence-electron chi connectivity index (χ0n) is 19.2. The Bertz CT molecular complexity index is 1470. The summed E-state index contributed by atoms with van der Waals surface area (Å²) in [6.45, 7) is -0.536. The van der Waals surface area contributed by atoms with Gasteiger partial charge in [-0.25, -0.2) is 14.1 Å². The molecule has 38 heavy (non-hydrogen) atoms. The number of ether oxygens (including phenoxy) is 1. The number of nitrogens with one attached hydrogen (secondary N) is 2. The molecule has 4 rings (SSSR count). The quantitative estimate of drug-likeness (QED) is 0.146. The minimum Gasteiger partial charge on any atom is -0.487 e. The summed E-state index contributed by atoms with van der Waals surface area (Å²) in [7, 11) is 0. The van der Waals surface area contributed by atoms with E-state index in [0.29, 0.717) is 30.7 Å². The summed E-state index contributed by atoms with van der Waals surface area (Å²) in [5.74, 6) is -1.69. The van der Waals surface area contributed by atoms with Crippen molar-refractivity contribution in [2.45, 2.75) is 6.61 Å². The lowest BCUT2D eigenvalue weighted by molar-refractivity contribution is -0.384. The predicted octanol–water partition coefficient (Wildman–Crippen LogP) is 5.37. The van der Waals surface area contributed by atoms with Gasteiger partial charge in [0.05, 0.1) is 19.6 Å². The summed E-state index contributed by atoms with van der Waals surface area (Å²) >= 11 is 6.82. The number of urea groups is 1. The molecule has 0 aliphatic carbocycles. The van der Waals surface area contributed by atoms with Crippen molar-refractivity contribution >= 4 is 67.2 Å². The largest absolute Gasteiger partial charge is 0.487 e. The van der Waals surface area contributed by atoms with Crippen molar-refractivity contribution in [3.63, 3.8) is 0 Å². The van der Waals surface area contributed by atoms with Crippen LogP contribution in [0, 0.1) is 15.9 Å². The van der Waals surface area contributed by atoms with E-state index >= 15 is 0 Å². The average molecular weight is 648 g/mol. The van der Waals surface area contributed by atoms with E-state index in [9.17, 15) is 28.9 Å². The minimum absolute atomic E-state index is 0.0479. The van der Waals surface area contributed by atoms with E-state index in [2.05, 4.69) is 42.5 Å². The lowest BCUT2D eigenvalue weighted by Crippen LogP contribution is -2.38. The molecule has 3 aromatic carbocycles. The molecule has 13 heteroatoms. The first-order valence-electron chi connectivity index (χ1n) is 10.9. The second-order valence-electron chi connectivity index (χ2n) is 7.94. The number of para-hydroxylation sites is 1. The number of amides is 4. The lowest BCUT2D eigenvalue weighted by Gasteiger charge is -2.12. The molecule has 1 aliphatic rings. The van der Waals surface area contributed by atoms with Gasteiger partial charge in [-0.05, 0) is 73.3 Å². The molecule has 0 bridgehead atoms. The van der Waals surface area contributed by atoms with Gasteiger partial charge in [-0.3, -0.25) is 19.7 Å². The highest BCUT2D eigenvalue weighted by atomic mass is 79.9. The van der Waals surface area contributed by atoms with Crippen molar-refractivity contribution in [1.82, 2.24) is 10.2 Å². The normalized spacial score (nSPS) is 14.0. The van der Waals surface area contributed by atoms with Crippen LogP contribution in [0.4, 0.5) is 20.6 Å². The van der Waals surface area contributed by atoms with Crippen LogP contribution in [0.3, 0.4) is 0 Å². The molecule has 1 fully saturated rings. The van der Waals surface area contributed by atoms with Crippen LogP contribution >= 0.6 is 31.9 Å². The monoisotopic (exact) mass is 646 g/mol. The van der Waals surface area contributed by atoms with E-state index in [0.717, 1.165) is 0 Å². The van der Waals surface area contributed by atoms with Crippen LogP contribution in [0.2, 0.25) is 0 Å². The maximum absolute atomic E-state index is 13.8. The molecular weight excluding hydrogens is 631 g/mol. The number of non-ortho nitro benzene ring substituents is 1. The Kier molecular flexibility index (Phi) is 8.17. The second-order valence-corrected chi connectivity index (χ2v) is 9.65. The maximum atomic E-state index is 13.8. The van der Waals surface area contributed by atoms with Crippen LogP contribution in [-0.4, -0.2) is 34.2 Å². The van der Waals surface area contributed by atoms with E-state index in [1.165, 1.54) is 42.5 Å². The lowest BCUT2D eigenvalue weighted by atomic mass is 10.1. The minimum atomic E-state index is -0.792. The Hall–Kier alpha value is -4.10. The van der Waals surface area contributed by atoms with E-state index in [1.807, 2.05) is 0 Å². The smallest absolute Gasteiger partial charge is 0.329 e. The second kappa shape index (κ2) is 11.5. The zero-order chi connectivity index (χ0) is 27.4. The molecule has 3 aromatic rings. The SMILES string of the molecule is O=C(CN1C(=O)N/C(=C/c2cc(Br)c(OCc3cccc([N+](=O)[O-])c3)c(Br)c2)C1=O)Nc1ccccc1F. The fourth-order valence-corrected chi connectivity index (χ4v) is 4.94. The number of nitro groups is 1. The summed E-state index contributed by atoms with van der Waals surface area (Å²) in [6, 6.07) is 14.1. The van der Waals surface area contributed by atoms with E-state index < -0.39 is 35.1 Å². The third-order valence-electron chi connectivity index (χ3n) is 5.25. The molecule has 10 nitrogen and oxygen atoms in total. The molecule has 4 amide bonds. The number of hydrogen-bond donors (Lipinski definition) is 2. The van der Waals surface area contributed by atoms with Gasteiger partial charge in [0.2, 0.25) is 5.91 Å². The van der Waals surface area contributed by atoms with Crippen LogP contribution in [0.1, 0.15) is 11.1 Å². The summed E-state index contributed by atoms with van der Waals surface area (Å²) in [5.41, 5.74) is 0.948. The molecule has 0 spiro atoms. The van der Waals surface area contributed by atoms with Gasteiger partial charge < -0.3 is 15.4 Å². The van der Waals surface area contributed by atoms with Crippen molar-refractivity contribution < 1.29 is 28.4 Å². The average Bonchev–Trinajstić information content (AvgIpc) is 3.12. The highest BCUT2D eigenvalue weighted by molar-refractivity contribution is 9.11. The number of hydrogen-bond acceptors (Lipinski definition) is 6. The molecule has 0 atom stereocenters. The van der Waals surface area contributed by atoms with Gasteiger partial charge in [0, 0.05) is 12.1 Å². The number of imide groups is 1. The number of nitro benzene ring substituents is 1. The molecule has 0 saturated carbocycles. The first-order chi connectivity index (χ1) is 18.1. The molecule has 0 radical (unpaired) electrons. The molecule has 1 aliphatic heterocycles. The topological polar surface area (TPSA) is 131 Å². The fraction of sp³-hybridized carbons (Fsp3) is 0.0800. The van der Waals surface area contributed by atoms with Crippen molar-refractivity contribution in [2.75, 3.05) is 11.9 Å². The molecule has 194 valence electrons. The van der Waals surface area contributed by atoms with Gasteiger partial charge >= 0.3 is 6.03 Å². The maximum Gasteiger partial charge on any atom is 0.329 e. The third-order valence-corrected chi connectivity index (χ3v) is 6.43. The van der Waals surface area contributed by atoms with E-state index in [-0.39, 0.29) is 23.7 Å². The first-order valence-corrected chi connectivity index (χ1v) is 12.4. The van der Waals surface area contributed by atoms with Crippen molar-refractivity contribution in [1.29, 1.82) is 0 Å². The molecule has 0 unspecified atom stereocenters. The molecule has 2 N–H and O–H groups in total. The molecule has 1 saturated heterocycles. The third kappa shape index (κ3) is 6.23. The van der Waals surface area contributed by atoms with Gasteiger partial charge in [0.1, 0.15) is 30.4 Å². The first kappa shape index (κ1) is 26.9. The Morgan fingerprint density at radius 2 is 1.82 bits per heavy atom. The number of nitrogens with zero attached hydrogens (tertiary/aromatic N) is 2. The number of halogens is 3. The van der Waals surface area contributed by atoms with Crippen LogP contribution in [-0.2, 0) is 16.2 Å². The Morgan fingerprint density at radius 3 is 2.50 bits per heavy atom. The van der Waals surface area contributed by atoms with Crippen molar-refractivity contribution in [2.24, 2.45) is 0 Å². The Labute approximate surface area is 231 Å². The molecule has 0 aromatic heterocycles. The van der Waals surface area contributed by atoms with Gasteiger partial charge in [-0.15, -0.1) is 0 Å². The van der Waals surface area contributed by atoms with E-state index in [1.54, 1.807) is 24.3 Å². The number of carbonyl (C=O) groups is 3. The Morgan fingerprint density at radius 1 is 1.11 bits per heavy atom. The van der Waals surface area contributed by atoms with E-state index in [4.69, 9.17) is 4.74 Å². The van der Waals surface area contributed by atoms with Crippen molar-refractivity contribution in [3.8, 4) is 5.75 Å². The molecular formula is C25H17Br2FN4O6. The summed E-state index contributed by atoms with van der Waals surface area (Å²) < 4.78 is 20.6. The van der Waals surface area contributed by atoms with Gasteiger partial charge in [0.15, 0.2) is 0 Å². The standard InChI is InChI=1S/C25H17Br2FN4O6/c26-17-9-15(10-18(27)23(17)38-13-14-4-3-5-16(8-14)32(36)37)11-21-24(34)31(25(35)30-21)12-22(33)29-20-7-2-1-6-19(20)28/h1-11H,12-13H2,(H,29,33)(H,30,35)/b21-11+. The Balaban J connectivity index is 1.44. The van der Waals surface area contributed by atoms with Crippen LogP contribution in [0.15, 0.2) is 75.3 Å². The summed E-state index contributed by atoms with van der Waals surface area (Å²) in [6.07, 6.45) is 1.43. The summed E-state index contributed by atoms with van der Waals surface area (Å²) in [5, 5.41) is 15.7. The van der Waals surface area contributed by atoms with Crippen LogP contribution < -0.4 is 15.4 Å².